The largest absolute Gasteiger partial charge is 0.449 e. The molecular formula is C19H20FNO4. The third-order valence-electron chi connectivity index (χ3n) is 3.65. The van der Waals surface area contributed by atoms with Crippen LogP contribution in [0.25, 0.3) is 0 Å². The zero-order chi connectivity index (χ0) is 18.2. The van der Waals surface area contributed by atoms with Crippen molar-refractivity contribution in [2.45, 2.75) is 26.1 Å². The van der Waals surface area contributed by atoms with Crippen molar-refractivity contribution < 1.29 is 23.8 Å². The summed E-state index contributed by atoms with van der Waals surface area (Å²) in [5.74, 6) is -1.31. The summed E-state index contributed by atoms with van der Waals surface area (Å²) in [6, 6.07) is 12.3. The third kappa shape index (κ3) is 5.69. The van der Waals surface area contributed by atoms with Crippen molar-refractivity contribution in [2.24, 2.45) is 0 Å². The molecule has 1 amide bonds. The van der Waals surface area contributed by atoms with E-state index >= 15 is 0 Å². The number of aliphatic hydroxyl groups is 1. The van der Waals surface area contributed by atoms with Crippen molar-refractivity contribution in [1.82, 2.24) is 5.32 Å². The lowest BCUT2D eigenvalue weighted by atomic mass is 10.1. The number of ether oxygens (including phenoxy) is 1. The Bertz CT molecular complexity index is 713. The van der Waals surface area contributed by atoms with E-state index in [1.807, 2.05) is 0 Å². The van der Waals surface area contributed by atoms with E-state index in [1.165, 1.54) is 31.2 Å². The molecule has 25 heavy (non-hydrogen) atoms. The van der Waals surface area contributed by atoms with Crippen LogP contribution in [-0.4, -0.2) is 29.6 Å². The van der Waals surface area contributed by atoms with E-state index in [1.54, 1.807) is 24.3 Å². The summed E-state index contributed by atoms with van der Waals surface area (Å²) < 4.78 is 17.9. The summed E-state index contributed by atoms with van der Waals surface area (Å²) >= 11 is 0. The summed E-state index contributed by atoms with van der Waals surface area (Å²) in [5, 5.41) is 11.7. The fourth-order valence-corrected chi connectivity index (χ4v) is 2.15. The molecule has 0 spiro atoms. The van der Waals surface area contributed by atoms with Crippen LogP contribution in [0.3, 0.4) is 0 Å². The van der Waals surface area contributed by atoms with Gasteiger partial charge in [0.05, 0.1) is 12.2 Å². The number of aliphatic hydroxyl groups excluding tert-OH is 1. The minimum absolute atomic E-state index is 0.109. The van der Waals surface area contributed by atoms with E-state index in [2.05, 4.69) is 5.32 Å². The molecule has 0 radical (unpaired) electrons. The Balaban J connectivity index is 1.78. The second-order valence-electron chi connectivity index (χ2n) is 5.57. The number of carbonyl (C=O) groups is 2. The maximum atomic E-state index is 12.8. The van der Waals surface area contributed by atoms with Crippen LogP contribution in [0, 0.1) is 5.82 Å². The third-order valence-corrected chi connectivity index (χ3v) is 3.65. The Morgan fingerprint density at radius 2 is 1.68 bits per heavy atom. The zero-order valence-corrected chi connectivity index (χ0v) is 13.9. The molecule has 1 unspecified atom stereocenters. The Hall–Kier alpha value is -2.73. The number of halogens is 1. The van der Waals surface area contributed by atoms with E-state index in [-0.39, 0.29) is 12.4 Å². The van der Waals surface area contributed by atoms with Gasteiger partial charge in [0, 0.05) is 6.54 Å². The summed E-state index contributed by atoms with van der Waals surface area (Å²) in [7, 11) is 0. The van der Waals surface area contributed by atoms with Gasteiger partial charge in [0.15, 0.2) is 6.10 Å². The maximum Gasteiger partial charge on any atom is 0.338 e. The number of amides is 1. The molecule has 0 heterocycles. The molecule has 0 aromatic heterocycles. The molecule has 132 valence electrons. The highest BCUT2D eigenvalue weighted by Crippen LogP contribution is 2.08. The average Bonchev–Trinajstić information content (AvgIpc) is 2.63. The number of hydrogen-bond acceptors (Lipinski definition) is 4. The van der Waals surface area contributed by atoms with Crippen molar-refractivity contribution in [1.29, 1.82) is 0 Å². The molecule has 2 aromatic carbocycles. The fraction of sp³-hybridized carbons (Fsp3) is 0.263. The number of rotatable bonds is 7. The van der Waals surface area contributed by atoms with Gasteiger partial charge in [0.2, 0.25) is 0 Å². The van der Waals surface area contributed by atoms with Crippen LogP contribution < -0.4 is 5.32 Å². The summed E-state index contributed by atoms with van der Waals surface area (Å²) in [6.07, 6.45) is -0.381. The van der Waals surface area contributed by atoms with Gasteiger partial charge in [0.1, 0.15) is 5.82 Å². The van der Waals surface area contributed by atoms with Gasteiger partial charge in [-0.3, -0.25) is 4.79 Å². The molecule has 0 aliphatic heterocycles. The predicted molar refractivity (Wildman–Crippen MR) is 90.4 cm³/mol. The fourth-order valence-electron chi connectivity index (χ4n) is 2.15. The first-order chi connectivity index (χ1) is 12.0. The zero-order valence-electron chi connectivity index (χ0n) is 13.9. The standard InChI is InChI=1S/C19H20FNO4/c1-13(25-19(24)16-6-2-15(12-22)3-7-16)18(23)21-11-10-14-4-8-17(20)9-5-14/h2-9,13,22H,10-12H2,1H3,(H,21,23). The molecule has 0 bridgehead atoms. The number of hydrogen-bond donors (Lipinski definition) is 2. The lowest BCUT2D eigenvalue weighted by Gasteiger charge is -2.13. The molecule has 0 fully saturated rings. The van der Waals surface area contributed by atoms with Crippen LogP contribution in [0.15, 0.2) is 48.5 Å². The SMILES string of the molecule is CC(OC(=O)c1ccc(CO)cc1)C(=O)NCCc1ccc(F)cc1. The van der Waals surface area contributed by atoms with Gasteiger partial charge in [0.25, 0.3) is 5.91 Å². The highest BCUT2D eigenvalue weighted by atomic mass is 19.1. The van der Waals surface area contributed by atoms with E-state index in [0.29, 0.717) is 24.1 Å². The van der Waals surface area contributed by atoms with Crippen molar-refractivity contribution in [3.05, 3.63) is 71.0 Å². The predicted octanol–water partition coefficient (Wildman–Crippen LogP) is 2.22. The number of carbonyl (C=O) groups excluding carboxylic acids is 2. The van der Waals surface area contributed by atoms with Crippen molar-refractivity contribution in [3.8, 4) is 0 Å². The van der Waals surface area contributed by atoms with Gasteiger partial charge in [-0.1, -0.05) is 24.3 Å². The normalized spacial score (nSPS) is 11.6. The number of nitrogens with one attached hydrogen (secondary N) is 1. The highest BCUT2D eigenvalue weighted by Gasteiger charge is 2.18. The monoisotopic (exact) mass is 345 g/mol. The molecule has 0 aliphatic rings. The van der Waals surface area contributed by atoms with Crippen LogP contribution in [0.1, 0.15) is 28.4 Å². The van der Waals surface area contributed by atoms with Gasteiger partial charge in [-0.25, -0.2) is 9.18 Å². The molecule has 2 rings (SSSR count). The van der Waals surface area contributed by atoms with E-state index in [0.717, 1.165) is 5.56 Å². The van der Waals surface area contributed by atoms with Crippen LogP contribution in [0.4, 0.5) is 4.39 Å². The molecular weight excluding hydrogens is 325 g/mol. The molecule has 2 aromatic rings. The smallest absolute Gasteiger partial charge is 0.338 e. The number of esters is 1. The summed E-state index contributed by atoms with van der Waals surface area (Å²) in [4.78, 5) is 24.0. The lowest BCUT2D eigenvalue weighted by molar-refractivity contribution is -0.129. The van der Waals surface area contributed by atoms with Gasteiger partial charge in [-0.15, -0.1) is 0 Å². The van der Waals surface area contributed by atoms with Gasteiger partial charge < -0.3 is 15.2 Å². The molecule has 6 heteroatoms. The first kappa shape index (κ1) is 18.6. The maximum absolute atomic E-state index is 12.8. The van der Waals surface area contributed by atoms with Crippen LogP contribution >= 0.6 is 0 Å². The van der Waals surface area contributed by atoms with Crippen molar-refractivity contribution >= 4 is 11.9 Å². The quantitative estimate of drug-likeness (QED) is 0.755. The average molecular weight is 345 g/mol. The molecule has 5 nitrogen and oxygen atoms in total. The van der Waals surface area contributed by atoms with Crippen molar-refractivity contribution in [3.63, 3.8) is 0 Å². The second-order valence-corrected chi connectivity index (χ2v) is 5.57. The molecule has 0 saturated carbocycles. The van der Waals surface area contributed by atoms with Crippen LogP contribution in [-0.2, 0) is 22.6 Å². The molecule has 2 N–H and O–H groups in total. The summed E-state index contributed by atoms with van der Waals surface area (Å²) in [5.41, 5.74) is 1.89. The molecule has 1 atom stereocenters. The van der Waals surface area contributed by atoms with E-state index < -0.39 is 18.0 Å². The Kier molecular flexibility index (Phi) is 6.65. The number of benzene rings is 2. The van der Waals surface area contributed by atoms with Gasteiger partial charge in [-0.05, 0) is 48.7 Å². The summed E-state index contributed by atoms with van der Waals surface area (Å²) in [6.45, 7) is 1.74. The Morgan fingerprint density at radius 3 is 2.28 bits per heavy atom. The molecule has 0 aliphatic carbocycles. The second kappa shape index (κ2) is 8.94. The molecule has 0 saturated heterocycles. The first-order valence-corrected chi connectivity index (χ1v) is 7.92. The van der Waals surface area contributed by atoms with Gasteiger partial charge >= 0.3 is 5.97 Å². The lowest BCUT2D eigenvalue weighted by Crippen LogP contribution is -2.36. The van der Waals surface area contributed by atoms with Crippen LogP contribution in [0.2, 0.25) is 0 Å². The van der Waals surface area contributed by atoms with E-state index in [4.69, 9.17) is 9.84 Å². The first-order valence-electron chi connectivity index (χ1n) is 7.92. The highest BCUT2D eigenvalue weighted by molar-refractivity contribution is 5.92. The Morgan fingerprint density at radius 1 is 1.08 bits per heavy atom. The minimum Gasteiger partial charge on any atom is -0.449 e. The Labute approximate surface area is 145 Å². The topological polar surface area (TPSA) is 75.6 Å². The van der Waals surface area contributed by atoms with Crippen molar-refractivity contribution in [2.75, 3.05) is 6.54 Å². The van der Waals surface area contributed by atoms with E-state index in [9.17, 15) is 14.0 Å². The minimum atomic E-state index is -0.932. The van der Waals surface area contributed by atoms with Crippen LogP contribution in [0.5, 0.6) is 0 Å². The van der Waals surface area contributed by atoms with Gasteiger partial charge in [-0.2, -0.15) is 0 Å².